The lowest BCUT2D eigenvalue weighted by Crippen LogP contribution is -2.41. The summed E-state index contributed by atoms with van der Waals surface area (Å²) in [5.41, 5.74) is 1.80. The number of halogens is 1. The van der Waals surface area contributed by atoms with Gasteiger partial charge in [-0.2, -0.15) is 0 Å². The molecule has 2 aliphatic rings. The minimum Gasteiger partial charge on any atom is -0.480 e. The van der Waals surface area contributed by atoms with Crippen LogP contribution in [-0.4, -0.2) is 33.0 Å². The van der Waals surface area contributed by atoms with Gasteiger partial charge in [0.25, 0.3) is 0 Å². The van der Waals surface area contributed by atoms with E-state index in [1.165, 1.54) is 36.3 Å². The Balaban J connectivity index is 1.54. The molecule has 0 spiro atoms. The summed E-state index contributed by atoms with van der Waals surface area (Å²) in [6.45, 7) is 0.579. The zero-order valence-electron chi connectivity index (χ0n) is 13.9. The molecule has 1 aromatic carbocycles. The average Bonchev–Trinajstić information content (AvgIpc) is 3.21. The number of nitrogens with zero attached hydrogens (tertiary/aromatic N) is 2. The van der Waals surface area contributed by atoms with Crippen molar-refractivity contribution in [3.63, 3.8) is 0 Å². The molecule has 6 heteroatoms. The fourth-order valence-corrected chi connectivity index (χ4v) is 5.13. The highest BCUT2D eigenvalue weighted by Gasteiger charge is 2.45. The maximum absolute atomic E-state index is 13.1. The molecule has 2 fully saturated rings. The van der Waals surface area contributed by atoms with Crippen molar-refractivity contribution in [2.45, 2.75) is 50.7 Å². The number of rotatable bonds is 4. The maximum Gasteiger partial charge on any atom is 0.320 e. The molecular weight excluding hydrogens is 339 g/mol. The Labute approximate surface area is 150 Å². The van der Waals surface area contributed by atoms with E-state index in [2.05, 4.69) is 9.88 Å². The predicted octanol–water partition coefficient (Wildman–Crippen LogP) is 4.17. The van der Waals surface area contributed by atoms with E-state index >= 15 is 0 Å². The highest BCUT2D eigenvalue weighted by molar-refractivity contribution is 7.13. The van der Waals surface area contributed by atoms with Crippen molar-refractivity contribution >= 4 is 17.3 Å². The number of hydrogen-bond acceptors (Lipinski definition) is 4. The van der Waals surface area contributed by atoms with Crippen LogP contribution in [0.3, 0.4) is 0 Å². The van der Waals surface area contributed by atoms with Gasteiger partial charge in [-0.25, -0.2) is 9.37 Å². The van der Waals surface area contributed by atoms with Crippen molar-refractivity contribution in [1.29, 1.82) is 0 Å². The van der Waals surface area contributed by atoms with Gasteiger partial charge in [-0.15, -0.1) is 11.3 Å². The second-order valence-electron chi connectivity index (χ2n) is 7.02. The zero-order chi connectivity index (χ0) is 17.4. The van der Waals surface area contributed by atoms with Gasteiger partial charge in [0.1, 0.15) is 16.9 Å². The summed E-state index contributed by atoms with van der Waals surface area (Å²) >= 11 is 1.52. The van der Waals surface area contributed by atoms with Crippen LogP contribution < -0.4 is 0 Å². The fourth-order valence-electron chi connectivity index (χ4n) is 4.31. The van der Waals surface area contributed by atoms with Gasteiger partial charge in [0.05, 0.1) is 5.69 Å². The molecular formula is C19H21FN2O2S. The summed E-state index contributed by atoms with van der Waals surface area (Å²) in [5.74, 6) is -0.473. The molecule has 25 heavy (non-hydrogen) atoms. The first-order chi connectivity index (χ1) is 12.1. The van der Waals surface area contributed by atoms with E-state index in [-0.39, 0.29) is 5.82 Å². The number of carboxylic acid groups (broad SMARTS) is 1. The topological polar surface area (TPSA) is 53.4 Å². The summed E-state index contributed by atoms with van der Waals surface area (Å²) in [7, 11) is 0. The number of aliphatic carboxylic acids is 1. The van der Waals surface area contributed by atoms with Crippen LogP contribution in [-0.2, 0) is 11.3 Å². The summed E-state index contributed by atoms with van der Waals surface area (Å²) in [5, 5.41) is 12.5. The lowest BCUT2D eigenvalue weighted by molar-refractivity contribution is -0.142. The van der Waals surface area contributed by atoms with E-state index in [1.54, 1.807) is 12.1 Å². The van der Waals surface area contributed by atoms with Crippen LogP contribution in [0.15, 0.2) is 29.6 Å². The van der Waals surface area contributed by atoms with Gasteiger partial charge in [0.15, 0.2) is 0 Å². The number of carboxylic acids is 1. The molecule has 1 aromatic heterocycles. The predicted molar refractivity (Wildman–Crippen MR) is 94.8 cm³/mol. The molecule has 4 nitrogen and oxygen atoms in total. The Morgan fingerprint density at radius 3 is 2.80 bits per heavy atom. The minimum atomic E-state index is -0.719. The summed E-state index contributed by atoms with van der Waals surface area (Å²) in [6.07, 6.45) is 5.38. The van der Waals surface area contributed by atoms with Gasteiger partial charge in [-0.3, -0.25) is 9.69 Å². The number of aromatic nitrogens is 1. The lowest BCUT2D eigenvalue weighted by atomic mass is 9.85. The van der Waals surface area contributed by atoms with Crippen LogP contribution in [0.5, 0.6) is 0 Å². The Kier molecular flexibility index (Phi) is 4.56. The van der Waals surface area contributed by atoms with E-state index < -0.39 is 12.0 Å². The molecule has 1 aliphatic heterocycles. The molecule has 3 atom stereocenters. The molecule has 2 heterocycles. The van der Waals surface area contributed by atoms with E-state index in [0.29, 0.717) is 18.5 Å². The Morgan fingerprint density at radius 2 is 2.04 bits per heavy atom. The second-order valence-corrected chi connectivity index (χ2v) is 7.88. The van der Waals surface area contributed by atoms with Crippen LogP contribution in [0.2, 0.25) is 0 Å². The Hall–Kier alpha value is -1.79. The van der Waals surface area contributed by atoms with E-state index in [1.807, 2.05) is 5.38 Å². The molecule has 4 rings (SSSR count). The first kappa shape index (κ1) is 16.7. The molecule has 1 saturated carbocycles. The van der Waals surface area contributed by atoms with Gasteiger partial charge in [0.2, 0.25) is 0 Å². The number of hydrogen-bond donors (Lipinski definition) is 1. The van der Waals surface area contributed by atoms with Crippen LogP contribution in [0, 0.1) is 11.7 Å². The Morgan fingerprint density at radius 1 is 1.28 bits per heavy atom. The van der Waals surface area contributed by atoms with Crippen molar-refractivity contribution in [1.82, 2.24) is 9.88 Å². The molecule has 1 aliphatic carbocycles. The first-order valence-corrected chi connectivity index (χ1v) is 9.68. The number of likely N-dealkylation sites (tertiary alicyclic amines) is 1. The van der Waals surface area contributed by atoms with E-state index in [9.17, 15) is 14.3 Å². The highest BCUT2D eigenvalue weighted by atomic mass is 32.1. The van der Waals surface area contributed by atoms with Crippen LogP contribution >= 0.6 is 11.3 Å². The molecule has 2 aromatic rings. The van der Waals surface area contributed by atoms with Crippen LogP contribution in [0.25, 0.3) is 10.6 Å². The fraction of sp³-hybridized carbons (Fsp3) is 0.474. The molecule has 0 radical (unpaired) electrons. The van der Waals surface area contributed by atoms with Gasteiger partial charge in [-0.1, -0.05) is 12.8 Å². The van der Waals surface area contributed by atoms with Crippen molar-refractivity contribution in [3.05, 3.63) is 41.2 Å². The third-order valence-corrected chi connectivity index (χ3v) is 6.43. The van der Waals surface area contributed by atoms with Gasteiger partial charge < -0.3 is 5.11 Å². The quantitative estimate of drug-likeness (QED) is 0.889. The van der Waals surface area contributed by atoms with Crippen LogP contribution in [0.4, 0.5) is 4.39 Å². The van der Waals surface area contributed by atoms with Crippen LogP contribution in [0.1, 0.15) is 37.8 Å². The van der Waals surface area contributed by atoms with Crippen molar-refractivity contribution < 1.29 is 14.3 Å². The normalized spacial score (nSPS) is 26.5. The van der Waals surface area contributed by atoms with Gasteiger partial charge in [-0.05, 0) is 49.4 Å². The maximum atomic E-state index is 13.1. The van der Waals surface area contributed by atoms with Crippen molar-refractivity contribution in [3.8, 4) is 10.6 Å². The smallest absolute Gasteiger partial charge is 0.320 e. The number of carbonyl (C=O) groups is 1. The average molecular weight is 360 g/mol. The van der Waals surface area contributed by atoms with E-state index in [4.69, 9.17) is 0 Å². The SMILES string of the molecule is O=C(O)C1CC2CCCCC2N1Cc1csc(-c2ccc(F)cc2)n1. The minimum absolute atomic E-state index is 0.259. The molecule has 3 unspecified atom stereocenters. The molecule has 1 saturated heterocycles. The molecule has 1 N–H and O–H groups in total. The number of benzene rings is 1. The monoisotopic (exact) mass is 360 g/mol. The molecule has 132 valence electrons. The highest BCUT2D eigenvalue weighted by Crippen LogP contribution is 2.40. The van der Waals surface area contributed by atoms with Crippen molar-refractivity contribution in [2.75, 3.05) is 0 Å². The van der Waals surface area contributed by atoms with E-state index in [0.717, 1.165) is 35.5 Å². The number of thiazole rings is 1. The summed E-state index contributed by atoms with van der Waals surface area (Å²) in [4.78, 5) is 18.5. The molecule has 0 amide bonds. The first-order valence-electron chi connectivity index (χ1n) is 8.80. The Bertz CT molecular complexity index is 761. The summed E-state index contributed by atoms with van der Waals surface area (Å²) in [6, 6.07) is 6.29. The van der Waals surface area contributed by atoms with Gasteiger partial charge >= 0.3 is 5.97 Å². The van der Waals surface area contributed by atoms with Gasteiger partial charge in [0, 0.05) is 23.5 Å². The standard InChI is InChI=1S/C19H21FN2O2S/c20-14-7-5-12(6-8-14)18-21-15(11-25-18)10-22-16-4-2-1-3-13(16)9-17(22)19(23)24/h5-8,11,13,16-17H,1-4,9-10H2,(H,23,24). The van der Waals surface area contributed by atoms with Crippen molar-refractivity contribution in [2.24, 2.45) is 5.92 Å². The third kappa shape index (κ3) is 3.33. The largest absolute Gasteiger partial charge is 0.480 e. The second kappa shape index (κ2) is 6.84. The lowest BCUT2D eigenvalue weighted by Gasteiger charge is -2.32. The zero-order valence-corrected chi connectivity index (χ0v) is 14.7. The molecule has 0 bridgehead atoms. The summed E-state index contributed by atoms with van der Waals surface area (Å²) < 4.78 is 13.1. The third-order valence-electron chi connectivity index (χ3n) is 5.49. The number of fused-ring (bicyclic) bond motifs is 1.